The van der Waals surface area contributed by atoms with Crippen molar-refractivity contribution in [3.8, 4) is 5.75 Å². The number of hydroxylamine groups is 1. The lowest BCUT2D eigenvalue weighted by Crippen LogP contribution is -2.26. The van der Waals surface area contributed by atoms with Crippen LogP contribution in [0.15, 0.2) is 66.7 Å². The number of benzene rings is 2. The molecule has 0 aliphatic heterocycles. The average molecular weight is 434 g/mol. The zero-order valence-corrected chi connectivity index (χ0v) is 18.1. The quantitative estimate of drug-likeness (QED) is 0.370. The third kappa shape index (κ3) is 4.84. The standard InChI is InChI=1S/C24H23N3O3S/c1-3-29-17(2)27-24-20(21(25-27)15-14-18-10-6-4-7-11-18)16-22(31-24)23(28)26-30-19-12-8-5-9-13-19/h4-17H,3H2,1-2H3,(H,26,28). The molecule has 0 aliphatic rings. The molecule has 7 heteroatoms. The van der Waals surface area contributed by atoms with Gasteiger partial charge in [-0.15, -0.1) is 11.3 Å². The summed E-state index contributed by atoms with van der Waals surface area (Å²) in [5.41, 5.74) is 4.37. The molecule has 0 aliphatic carbocycles. The van der Waals surface area contributed by atoms with E-state index in [2.05, 4.69) is 5.48 Å². The molecule has 2 aromatic carbocycles. The number of hydrogen-bond acceptors (Lipinski definition) is 5. The van der Waals surface area contributed by atoms with E-state index in [0.717, 1.165) is 21.5 Å². The number of carbonyl (C=O) groups is 1. The molecule has 31 heavy (non-hydrogen) atoms. The number of ether oxygens (including phenoxy) is 1. The molecule has 1 unspecified atom stereocenters. The molecule has 0 radical (unpaired) electrons. The second-order valence-electron chi connectivity index (χ2n) is 6.80. The van der Waals surface area contributed by atoms with Crippen molar-refractivity contribution in [1.29, 1.82) is 0 Å². The van der Waals surface area contributed by atoms with E-state index in [4.69, 9.17) is 14.7 Å². The zero-order valence-electron chi connectivity index (χ0n) is 17.3. The molecule has 0 fully saturated rings. The van der Waals surface area contributed by atoms with Gasteiger partial charge in [0.05, 0.1) is 10.6 Å². The minimum atomic E-state index is -0.307. The molecule has 2 aromatic heterocycles. The Balaban J connectivity index is 1.63. The van der Waals surface area contributed by atoms with E-state index >= 15 is 0 Å². The Labute approximate surface area is 184 Å². The van der Waals surface area contributed by atoms with Gasteiger partial charge in [-0.1, -0.05) is 54.6 Å². The summed E-state index contributed by atoms with van der Waals surface area (Å²) in [5, 5.41) is 5.63. The largest absolute Gasteiger partial charge is 0.379 e. The number of rotatable bonds is 8. The molecule has 0 saturated heterocycles. The van der Waals surface area contributed by atoms with Crippen LogP contribution in [0.25, 0.3) is 22.4 Å². The van der Waals surface area contributed by atoms with Crippen LogP contribution in [0.3, 0.4) is 0 Å². The van der Waals surface area contributed by atoms with Gasteiger partial charge in [-0.2, -0.15) is 10.6 Å². The SMILES string of the molecule is CCOC(C)n1nc(C=Cc2ccccc2)c2cc(C(=O)NOc3ccccc3)sc21. The van der Waals surface area contributed by atoms with Crippen LogP contribution in [-0.4, -0.2) is 22.3 Å². The van der Waals surface area contributed by atoms with E-state index in [1.165, 1.54) is 11.3 Å². The summed E-state index contributed by atoms with van der Waals surface area (Å²) >= 11 is 1.36. The summed E-state index contributed by atoms with van der Waals surface area (Å²) in [5.74, 6) is 0.262. The van der Waals surface area contributed by atoms with E-state index in [9.17, 15) is 4.79 Å². The zero-order chi connectivity index (χ0) is 21.6. The highest BCUT2D eigenvalue weighted by atomic mass is 32.1. The first-order valence-corrected chi connectivity index (χ1v) is 10.9. The van der Waals surface area contributed by atoms with Gasteiger partial charge in [0.2, 0.25) is 0 Å². The average Bonchev–Trinajstić information content (AvgIpc) is 3.37. The second kappa shape index (κ2) is 9.59. The van der Waals surface area contributed by atoms with E-state index in [1.807, 2.05) is 85.3 Å². The van der Waals surface area contributed by atoms with Gasteiger partial charge in [0.25, 0.3) is 5.91 Å². The molecule has 0 saturated carbocycles. The predicted octanol–water partition coefficient (Wildman–Crippen LogP) is 5.55. The van der Waals surface area contributed by atoms with Crippen LogP contribution in [0.4, 0.5) is 0 Å². The fraction of sp³-hybridized carbons (Fsp3) is 0.167. The number of carbonyl (C=O) groups excluding carboxylic acids is 1. The number of fused-ring (bicyclic) bond motifs is 1. The Bertz CT molecular complexity index is 1180. The van der Waals surface area contributed by atoms with Crippen LogP contribution >= 0.6 is 11.3 Å². The highest BCUT2D eigenvalue weighted by Crippen LogP contribution is 2.32. The number of nitrogens with zero attached hydrogens (tertiary/aromatic N) is 2. The van der Waals surface area contributed by atoms with Gasteiger partial charge >= 0.3 is 0 Å². The Morgan fingerprint density at radius 3 is 2.55 bits per heavy atom. The molecule has 0 spiro atoms. The van der Waals surface area contributed by atoms with Crippen LogP contribution in [0, 0.1) is 0 Å². The minimum Gasteiger partial charge on any atom is -0.379 e. The summed E-state index contributed by atoms with van der Waals surface area (Å²) < 4.78 is 7.57. The molecule has 158 valence electrons. The fourth-order valence-electron chi connectivity index (χ4n) is 3.13. The summed E-state index contributed by atoms with van der Waals surface area (Å²) in [7, 11) is 0. The highest BCUT2D eigenvalue weighted by molar-refractivity contribution is 7.20. The summed E-state index contributed by atoms with van der Waals surface area (Å²) in [6.45, 7) is 4.46. The van der Waals surface area contributed by atoms with Crippen LogP contribution in [0.2, 0.25) is 0 Å². The van der Waals surface area contributed by atoms with Gasteiger partial charge in [0.15, 0.2) is 5.75 Å². The first-order chi connectivity index (χ1) is 15.2. The third-order valence-electron chi connectivity index (χ3n) is 4.63. The molecule has 4 rings (SSSR count). The number of aromatic nitrogens is 2. The summed E-state index contributed by atoms with van der Waals surface area (Å²) in [6, 6.07) is 21.0. The van der Waals surface area contributed by atoms with Gasteiger partial charge < -0.3 is 9.57 Å². The predicted molar refractivity (Wildman–Crippen MR) is 124 cm³/mol. The monoisotopic (exact) mass is 433 g/mol. The lowest BCUT2D eigenvalue weighted by atomic mass is 10.2. The normalized spacial score (nSPS) is 12.3. The third-order valence-corrected chi connectivity index (χ3v) is 5.75. The van der Waals surface area contributed by atoms with Crippen molar-refractivity contribution in [2.24, 2.45) is 0 Å². The fourth-order valence-corrected chi connectivity index (χ4v) is 4.20. The Morgan fingerprint density at radius 1 is 1.13 bits per heavy atom. The first kappa shape index (κ1) is 20.8. The lowest BCUT2D eigenvalue weighted by molar-refractivity contribution is 0.0195. The Hall–Kier alpha value is -3.42. The Morgan fingerprint density at radius 2 is 1.84 bits per heavy atom. The van der Waals surface area contributed by atoms with E-state index in [-0.39, 0.29) is 12.1 Å². The molecule has 4 aromatic rings. The molecule has 1 N–H and O–H groups in total. The van der Waals surface area contributed by atoms with E-state index in [1.54, 1.807) is 12.1 Å². The molecule has 1 atom stereocenters. The number of hydrogen-bond donors (Lipinski definition) is 1. The molecule has 1 amide bonds. The van der Waals surface area contributed by atoms with Crippen molar-refractivity contribution in [2.45, 2.75) is 20.1 Å². The maximum Gasteiger partial charge on any atom is 0.294 e. The van der Waals surface area contributed by atoms with Crippen molar-refractivity contribution in [2.75, 3.05) is 6.61 Å². The molecular weight excluding hydrogens is 410 g/mol. The summed E-state index contributed by atoms with van der Waals surface area (Å²) in [6.07, 6.45) is 3.72. The van der Waals surface area contributed by atoms with Gasteiger partial charge in [-0.25, -0.2) is 4.68 Å². The topological polar surface area (TPSA) is 65.4 Å². The van der Waals surface area contributed by atoms with Crippen molar-refractivity contribution in [3.63, 3.8) is 0 Å². The van der Waals surface area contributed by atoms with Gasteiger partial charge in [-0.05, 0) is 43.7 Å². The van der Waals surface area contributed by atoms with Crippen molar-refractivity contribution < 1.29 is 14.4 Å². The first-order valence-electron chi connectivity index (χ1n) is 10.0. The van der Waals surface area contributed by atoms with E-state index < -0.39 is 0 Å². The van der Waals surface area contributed by atoms with Gasteiger partial charge in [0.1, 0.15) is 11.1 Å². The maximum atomic E-state index is 12.7. The van der Waals surface area contributed by atoms with Gasteiger partial charge in [0, 0.05) is 12.0 Å². The van der Waals surface area contributed by atoms with Crippen molar-refractivity contribution >= 4 is 39.6 Å². The lowest BCUT2D eigenvalue weighted by Gasteiger charge is -2.12. The summed E-state index contributed by atoms with van der Waals surface area (Å²) in [4.78, 5) is 19.5. The van der Waals surface area contributed by atoms with Gasteiger partial charge in [-0.3, -0.25) is 4.79 Å². The molecule has 6 nitrogen and oxygen atoms in total. The smallest absolute Gasteiger partial charge is 0.294 e. The van der Waals surface area contributed by atoms with Crippen LogP contribution in [0.5, 0.6) is 5.75 Å². The maximum absolute atomic E-state index is 12.7. The number of nitrogens with one attached hydrogen (secondary N) is 1. The number of amides is 1. The second-order valence-corrected chi connectivity index (χ2v) is 7.83. The Kier molecular flexibility index (Phi) is 6.45. The van der Waals surface area contributed by atoms with Crippen molar-refractivity contribution in [3.05, 3.63) is 82.9 Å². The molecule has 2 heterocycles. The van der Waals surface area contributed by atoms with E-state index in [0.29, 0.717) is 17.2 Å². The molecule has 0 bridgehead atoms. The number of para-hydroxylation sites is 1. The van der Waals surface area contributed by atoms with Crippen LogP contribution < -0.4 is 10.3 Å². The number of thiophene rings is 1. The van der Waals surface area contributed by atoms with Crippen LogP contribution in [-0.2, 0) is 4.74 Å². The minimum absolute atomic E-state index is 0.249. The van der Waals surface area contributed by atoms with Crippen LogP contribution in [0.1, 0.15) is 41.0 Å². The highest BCUT2D eigenvalue weighted by Gasteiger charge is 2.20. The van der Waals surface area contributed by atoms with Crippen molar-refractivity contribution in [1.82, 2.24) is 15.3 Å². The molecular formula is C24H23N3O3S.